The van der Waals surface area contributed by atoms with Gasteiger partial charge in [-0.05, 0) is 55.2 Å². The Morgan fingerprint density at radius 2 is 1.75 bits per heavy atom. The molecule has 2 aromatic rings. The van der Waals surface area contributed by atoms with Gasteiger partial charge >= 0.3 is 0 Å². The summed E-state index contributed by atoms with van der Waals surface area (Å²) in [5, 5.41) is 5.74. The second kappa shape index (κ2) is 7.81. The van der Waals surface area contributed by atoms with E-state index < -0.39 is 0 Å². The van der Waals surface area contributed by atoms with Gasteiger partial charge in [0.2, 0.25) is 0 Å². The summed E-state index contributed by atoms with van der Waals surface area (Å²) in [6.07, 6.45) is 7.72. The molecule has 0 saturated heterocycles. The average Bonchev–Trinajstić information content (AvgIpc) is 3.16. The molecule has 1 fully saturated rings. The highest BCUT2D eigenvalue weighted by Gasteiger charge is 2.15. The number of carbonyl (C=O) groups is 2. The molecule has 1 aliphatic rings. The molecule has 1 heterocycles. The van der Waals surface area contributed by atoms with E-state index in [0.29, 0.717) is 17.2 Å². The van der Waals surface area contributed by atoms with Crippen molar-refractivity contribution in [3.8, 4) is 0 Å². The first-order valence-electron chi connectivity index (χ1n) is 8.45. The minimum absolute atomic E-state index is 0.0653. The molecule has 0 radical (unpaired) electrons. The van der Waals surface area contributed by atoms with Crippen molar-refractivity contribution in [1.82, 2.24) is 5.32 Å². The van der Waals surface area contributed by atoms with E-state index in [4.69, 9.17) is 4.42 Å². The number of furan rings is 1. The zero-order chi connectivity index (χ0) is 16.8. The van der Waals surface area contributed by atoms with Crippen molar-refractivity contribution < 1.29 is 14.0 Å². The van der Waals surface area contributed by atoms with Gasteiger partial charge in [-0.2, -0.15) is 0 Å². The number of rotatable bonds is 5. The van der Waals surface area contributed by atoms with Crippen LogP contribution < -0.4 is 10.6 Å². The number of amides is 2. The first-order chi connectivity index (χ1) is 11.7. The molecule has 1 saturated carbocycles. The Balaban J connectivity index is 1.51. The lowest BCUT2D eigenvalue weighted by atomic mass is 9.89. The molecule has 0 aliphatic heterocycles. The predicted molar refractivity (Wildman–Crippen MR) is 92.0 cm³/mol. The first kappa shape index (κ1) is 16.3. The third-order valence-corrected chi connectivity index (χ3v) is 4.43. The minimum atomic E-state index is -0.311. The number of hydrogen-bond acceptors (Lipinski definition) is 3. The number of carbonyl (C=O) groups excluding carboxylic acids is 2. The monoisotopic (exact) mass is 326 g/mol. The van der Waals surface area contributed by atoms with Crippen LogP contribution in [0.25, 0.3) is 0 Å². The van der Waals surface area contributed by atoms with Crippen molar-refractivity contribution in [2.24, 2.45) is 5.92 Å². The van der Waals surface area contributed by atoms with Crippen LogP contribution in [0.1, 0.15) is 53.0 Å². The van der Waals surface area contributed by atoms with E-state index in [-0.39, 0.29) is 17.6 Å². The lowest BCUT2D eigenvalue weighted by Gasteiger charge is -2.21. The van der Waals surface area contributed by atoms with Gasteiger partial charge in [0.15, 0.2) is 5.76 Å². The lowest BCUT2D eigenvalue weighted by Crippen LogP contribution is -2.30. The maximum Gasteiger partial charge on any atom is 0.291 e. The smallest absolute Gasteiger partial charge is 0.291 e. The van der Waals surface area contributed by atoms with Crippen LogP contribution >= 0.6 is 0 Å². The Morgan fingerprint density at radius 3 is 2.42 bits per heavy atom. The van der Waals surface area contributed by atoms with Crippen LogP contribution in [-0.2, 0) is 0 Å². The van der Waals surface area contributed by atoms with Crippen molar-refractivity contribution in [2.45, 2.75) is 32.1 Å². The molecule has 1 aromatic carbocycles. The molecular weight excluding hydrogens is 304 g/mol. The summed E-state index contributed by atoms with van der Waals surface area (Å²) in [6, 6.07) is 10.1. The van der Waals surface area contributed by atoms with Gasteiger partial charge in [-0.25, -0.2) is 0 Å². The predicted octanol–water partition coefficient (Wildman–Crippen LogP) is 3.84. The van der Waals surface area contributed by atoms with Gasteiger partial charge in [0, 0.05) is 17.8 Å². The number of hydrogen-bond donors (Lipinski definition) is 2. The third-order valence-electron chi connectivity index (χ3n) is 4.43. The maximum absolute atomic E-state index is 12.2. The molecule has 5 heteroatoms. The molecule has 1 aromatic heterocycles. The van der Waals surface area contributed by atoms with Crippen LogP contribution in [0, 0.1) is 5.92 Å². The highest BCUT2D eigenvalue weighted by atomic mass is 16.3. The third kappa shape index (κ3) is 4.25. The quantitative estimate of drug-likeness (QED) is 0.877. The number of nitrogens with one attached hydrogen (secondary N) is 2. The molecule has 0 atom stereocenters. The van der Waals surface area contributed by atoms with Crippen molar-refractivity contribution in [2.75, 3.05) is 11.9 Å². The molecule has 2 N–H and O–H groups in total. The molecule has 0 unspecified atom stereocenters. The molecule has 5 nitrogen and oxygen atoms in total. The van der Waals surface area contributed by atoms with Gasteiger partial charge in [0.1, 0.15) is 0 Å². The van der Waals surface area contributed by atoms with Gasteiger partial charge in [-0.15, -0.1) is 0 Å². The highest BCUT2D eigenvalue weighted by Crippen LogP contribution is 2.22. The second-order valence-electron chi connectivity index (χ2n) is 6.22. The van der Waals surface area contributed by atoms with Gasteiger partial charge < -0.3 is 15.1 Å². The van der Waals surface area contributed by atoms with Crippen molar-refractivity contribution in [3.63, 3.8) is 0 Å². The van der Waals surface area contributed by atoms with E-state index in [2.05, 4.69) is 10.6 Å². The van der Waals surface area contributed by atoms with Gasteiger partial charge in [0.05, 0.1) is 6.26 Å². The summed E-state index contributed by atoms with van der Waals surface area (Å²) in [6.45, 7) is 0.746. The van der Waals surface area contributed by atoms with Gasteiger partial charge in [-0.1, -0.05) is 19.3 Å². The largest absolute Gasteiger partial charge is 0.459 e. The SMILES string of the molecule is O=C(NCC1CCCCC1)c1ccc(NC(=O)c2ccco2)cc1. The Labute approximate surface area is 141 Å². The van der Waals surface area contributed by atoms with Crippen LogP contribution in [0.15, 0.2) is 47.1 Å². The Kier molecular flexibility index (Phi) is 5.31. The van der Waals surface area contributed by atoms with Crippen LogP contribution in [0.3, 0.4) is 0 Å². The molecule has 0 spiro atoms. The first-order valence-corrected chi connectivity index (χ1v) is 8.45. The molecule has 126 valence electrons. The molecule has 0 bridgehead atoms. The van der Waals surface area contributed by atoms with E-state index in [0.717, 1.165) is 6.54 Å². The van der Waals surface area contributed by atoms with Gasteiger partial charge in [0.25, 0.3) is 11.8 Å². The number of anilines is 1. The summed E-state index contributed by atoms with van der Waals surface area (Å²) in [5.74, 6) is 0.484. The summed E-state index contributed by atoms with van der Waals surface area (Å²) in [7, 11) is 0. The molecule has 3 rings (SSSR count). The van der Waals surface area contributed by atoms with Crippen LogP contribution in [0.2, 0.25) is 0 Å². The van der Waals surface area contributed by atoms with E-state index in [1.54, 1.807) is 36.4 Å². The van der Waals surface area contributed by atoms with Crippen molar-refractivity contribution in [1.29, 1.82) is 0 Å². The molecule has 1 aliphatic carbocycles. The normalized spacial score (nSPS) is 15.0. The number of benzene rings is 1. The zero-order valence-corrected chi connectivity index (χ0v) is 13.6. The highest BCUT2D eigenvalue weighted by molar-refractivity contribution is 6.02. The van der Waals surface area contributed by atoms with E-state index >= 15 is 0 Å². The van der Waals surface area contributed by atoms with Crippen LogP contribution in [0.4, 0.5) is 5.69 Å². The summed E-state index contributed by atoms with van der Waals surface area (Å²) in [5.41, 5.74) is 1.22. The van der Waals surface area contributed by atoms with E-state index in [1.165, 1.54) is 38.4 Å². The fourth-order valence-corrected chi connectivity index (χ4v) is 3.04. The van der Waals surface area contributed by atoms with Crippen molar-refractivity contribution >= 4 is 17.5 Å². The minimum Gasteiger partial charge on any atom is -0.459 e. The average molecular weight is 326 g/mol. The molecular formula is C19H22N2O3. The Hall–Kier alpha value is -2.56. The van der Waals surface area contributed by atoms with E-state index in [9.17, 15) is 9.59 Å². The van der Waals surface area contributed by atoms with Crippen molar-refractivity contribution in [3.05, 3.63) is 54.0 Å². The fourth-order valence-electron chi connectivity index (χ4n) is 3.04. The fraction of sp³-hybridized carbons (Fsp3) is 0.368. The van der Waals surface area contributed by atoms with Crippen LogP contribution in [-0.4, -0.2) is 18.4 Å². The molecule has 24 heavy (non-hydrogen) atoms. The lowest BCUT2D eigenvalue weighted by molar-refractivity contribution is 0.0943. The van der Waals surface area contributed by atoms with Gasteiger partial charge in [-0.3, -0.25) is 9.59 Å². The summed E-state index contributed by atoms with van der Waals surface area (Å²) >= 11 is 0. The second-order valence-corrected chi connectivity index (χ2v) is 6.22. The summed E-state index contributed by atoms with van der Waals surface area (Å²) in [4.78, 5) is 24.1. The Bertz CT molecular complexity index is 671. The van der Waals surface area contributed by atoms with E-state index in [1.807, 2.05) is 0 Å². The maximum atomic E-state index is 12.2. The summed E-state index contributed by atoms with van der Waals surface area (Å²) < 4.78 is 5.04. The standard InChI is InChI=1S/C19H22N2O3/c22-18(20-13-14-5-2-1-3-6-14)15-8-10-16(11-9-15)21-19(23)17-7-4-12-24-17/h4,7-12,14H,1-3,5-6,13H2,(H,20,22)(H,21,23). The zero-order valence-electron chi connectivity index (χ0n) is 13.6. The molecule has 2 amide bonds. The Morgan fingerprint density at radius 1 is 1.00 bits per heavy atom. The topological polar surface area (TPSA) is 71.3 Å². The van der Waals surface area contributed by atoms with Crippen LogP contribution in [0.5, 0.6) is 0 Å².